The third kappa shape index (κ3) is 7.46. The molecule has 1 unspecified atom stereocenters. The molecule has 0 fully saturated rings. The molecule has 0 heterocycles. The van der Waals surface area contributed by atoms with Crippen LogP contribution in [-0.4, -0.2) is 40.1 Å². The third-order valence-electron chi connectivity index (χ3n) is 3.25. The highest BCUT2D eigenvalue weighted by Crippen LogP contribution is 2.19. The SMILES string of the molecule is CCCCOCCOCC(NCC)c1cccc(OC)c1. The Labute approximate surface area is 128 Å². The fourth-order valence-corrected chi connectivity index (χ4v) is 2.05. The quantitative estimate of drug-likeness (QED) is 0.601. The molecule has 0 bridgehead atoms. The molecule has 0 aromatic heterocycles. The highest BCUT2D eigenvalue weighted by molar-refractivity contribution is 5.30. The van der Waals surface area contributed by atoms with Crippen molar-refractivity contribution in [3.05, 3.63) is 29.8 Å². The molecule has 1 N–H and O–H groups in total. The Morgan fingerprint density at radius 2 is 1.90 bits per heavy atom. The van der Waals surface area contributed by atoms with Crippen molar-refractivity contribution >= 4 is 0 Å². The van der Waals surface area contributed by atoms with Crippen molar-refractivity contribution in [3.8, 4) is 5.75 Å². The van der Waals surface area contributed by atoms with E-state index in [4.69, 9.17) is 14.2 Å². The maximum absolute atomic E-state index is 5.73. The van der Waals surface area contributed by atoms with Crippen molar-refractivity contribution in [1.29, 1.82) is 0 Å². The maximum atomic E-state index is 5.73. The topological polar surface area (TPSA) is 39.7 Å². The fraction of sp³-hybridized carbons (Fsp3) is 0.647. The summed E-state index contributed by atoms with van der Waals surface area (Å²) in [6.45, 7) is 7.92. The normalized spacial score (nSPS) is 12.3. The highest BCUT2D eigenvalue weighted by Gasteiger charge is 2.11. The molecule has 0 aliphatic heterocycles. The minimum Gasteiger partial charge on any atom is -0.497 e. The summed E-state index contributed by atoms with van der Waals surface area (Å²) >= 11 is 0. The van der Waals surface area contributed by atoms with Gasteiger partial charge in [0.1, 0.15) is 5.75 Å². The molecular formula is C17H29NO3. The van der Waals surface area contributed by atoms with Gasteiger partial charge in [-0.3, -0.25) is 0 Å². The van der Waals surface area contributed by atoms with E-state index in [1.54, 1.807) is 7.11 Å². The van der Waals surface area contributed by atoms with E-state index >= 15 is 0 Å². The second-order valence-electron chi connectivity index (χ2n) is 4.93. The Balaban J connectivity index is 2.35. The van der Waals surface area contributed by atoms with Gasteiger partial charge < -0.3 is 19.5 Å². The molecule has 0 aliphatic carbocycles. The molecule has 1 aromatic carbocycles. The summed E-state index contributed by atoms with van der Waals surface area (Å²) in [4.78, 5) is 0. The zero-order valence-corrected chi connectivity index (χ0v) is 13.6. The average Bonchev–Trinajstić information content (AvgIpc) is 2.53. The van der Waals surface area contributed by atoms with Gasteiger partial charge in [0.15, 0.2) is 0 Å². The van der Waals surface area contributed by atoms with Crippen LogP contribution in [0.2, 0.25) is 0 Å². The number of methoxy groups -OCH3 is 1. The first kappa shape index (κ1) is 18.0. The van der Waals surface area contributed by atoms with Crippen LogP contribution in [0, 0.1) is 0 Å². The molecule has 0 radical (unpaired) electrons. The molecule has 0 spiro atoms. The first-order valence-electron chi connectivity index (χ1n) is 7.84. The van der Waals surface area contributed by atoms with Crippen molar-refractivity contribution in [2.45, 2.75) is 32.7 Å². The minimum atomic E-state index is 0.181. The van der Waals surface area contributed by atoms with Crippen molar-refractivity contribution in [2.75, 3.05) is 40.1 Å². The van der Waals surface area contributed by atoms with Gasteiger partial charge in [-0.05, 0) is 30.7 Å². The number of nitrogens with one attached hydrogen (secondary N) is 1. The van der Waals surface area contributed by atoms with Gasteiger partial charge in [-0.15, -0.1) is 0 Å². The van der Waals surface area contributed by atoms with E-state index < -0.39 is 0 Å². The van der Waals surface area contributed by atoms with Crippen LogP contribution in [0.3, 0.4) is 0 Å². The first-order chi connectivity index (χ1) is 10.3. The van der Waals surface area contributed by atoms with Gasteiger partial charge in [-0.25, -0.2) is 0 Å². The number of likely N-dealkylation sites (N-methyl/N-ethyl adjacent to an activating group) is 1. The van der Waals surface area contributed by atoms with Crippen molar-refractivity contribution in [2.24, 2.45) is 0 Å². The average molecular weight is 295 g/mol. The molecule has 1 aromatic rings. The number of benzene rings is 1. The lowest BCUT2D eigenvalue weighted by molar-refractivity contribution is 0.0382. The number of unbranched alkanes of at least 4 members (excludes halogenated alkanes) is 1. The lowest BCUT2D eigenvalue weighted by Crippen LogP contribution is -2.26. The number of hydrogen-bond acceptors (Lipinski definition) is 4. The maximum Gasteiger partial charge on any atom is 0.119 e. The van der Waals surface area contributed by atoms with Crippen LogP contribution >= 0.6 is 0 Å². The van der Waals surface area contributed by atoms with Crippen LogP contribution in [-0.2, 0) is 9.47 Å². The Bertz CT molecular complexity index is 371. The fourth-order valence-electron chi connectivity index (χ4n) is 2.05. The van der Waals surface area contributed by atoms with E-state index in [9.17, 15) is 0 Å². The summed E-state index contributed by atoms with van der Waals surface area (Å²) < 4.78 is 16.5. The van der Waals surface area contributed by atoms with Gasteiger partial charge in [0.25, 0.3) is 0 Å². The zero-order valence-electron chi connectivity index (χ0n) is 13.6. The third-order valence-corrected chi connectivity index (χ3v) is 3.25. The van der Waals surface area contributed by atoms with Crippen LogP contribution in [0.1, 0.15) is 38.3 Å². The zero-order chi connectivity index (χ0) is 15.3. The van der Waals surface area contributed by atoms with Crippen molar-refractivity contribution in [3.63, 3.8) is 0 Å². The van der Waals surface area contributed by atoms with E-state index in [2.05, 4.69) is 31.3 Å². The van der Waals surface area contributed by atoms with Crippen molar-refractivity contribution < 1.29 is 14.2 Å². The largest absolute Gasteiger partial charge is 0.497 e. The molecule has 1 rings (SSSR count). The summed E-state index contributed by atoms with van der Waals surface area (Å²) in [5, 5.41) is 3.44. The Morgan fingerprint density at radius 3 is 2.62 bits per heavy atom. The summed E-state index contributed by atoms with van der Waals surface area (Å²) in [7, 11) is 1.69. The van der Waals surface area contributed by atoms with E-state index in [0.717, 1.165) is 25.3 Å². The Morgan fingerprint density at radius 1 is 1.10 bits per heavy atom. The molecule has 120 valence electrons. The summed E-state index contributed by atoms with van der Waals surface area (Å²) in [6.07, 6.45) is 2.28. The minimum absolute atomic E-state index is 0.181. The summed E-state index contributed by atoms with van der Waals surface area (Å²) in [5.41, 5.74) is 1.18. The lowest BCUT2D eigenvalue weighted by atomic mass is 10.1. The monoisotopic (exact) mass is 295 g/mol. The predicted octanol–water partition coefficient (Wildman–Crippen LogP) is 3.18. The standard InChI is InChI=1S/C17H29NO3/c1-4-6-10-20-11-12-21-14-17(18-5-2)15-8-7-9-16(13-15)19-3/h7-9,13,17-18H,4-6,10-12,14H2,1-3H3. The number of ether oxygens (including phenoxy) is 3. The second kappa shape index (κ2) is 11.5. The van der Waals surface area contributed by atoms with Gasteiger partial charge in [-0.1, -0.05) is 32.4 Å². The molecule has 0 aliphatic rings. The Kier molecular flexibility index (Phi) is 9.87. The summed E-state index contributed by atoms with van der Waals surface area (Å²) in [5.74, 6) is 0.873. The van der Waals surface area contributed by atoms with Crippen LogP contribution in [0.25, 0.3) is 0 Å². The van der Waals surface area contributed by atoms with Crippen LogP contribution in [0.15, 0.2) is 24.3 Å². The molecule has 21 heavy (non-hydrogen) atoms. The molecule has 0 amide bonds. The number of hydrogen-bond donors (Lipinski definition) is 1. The van der Waals surface area contributed by atoms with Gasteiger partial charge in [0.2, 0.25) is 0 Å². The molecule has 1 atom stereocenters. The highest BCUT2D eigenvalue weighted by atomic mass is 16.5. The molecule has 0 saturated carbocycles. The van der Waals surface area contributed by atoms with Crippen LogP contribution in [0.5, 0.6) is 5.75 Å². The van der Waals surface area contributed by atoms with Crippen LogP contribution < -0.4 is 10.1 Å². The van der Waals surface area contributed by atoms with E-state index in [-0.39, 0.29) is 6.04 Å². The number of rotatable bonds is 12. The van der Waals surface area contributed by atoms with Crippen LogP contribution in [0.4, 0.5) is 0 Å². The molecule has 4 heteroatoms. The van der Waals surface area contributed by atoms with Gasteiger partial charge >= 0.3 is 0 Å². The van der Waals surface area contributed by atoms with E-state index in [1.807, 2.05) is 12.1 Å². The molecule has 0 saturated heterocycles. The van der Waals surface area contributed by atoms with E-state index in [1.165, 1.54) is 12.0 Å². The Hall–Kier alpha value is -1.10. The van der Waals surface area contributed by atoms with Gasteiger partial charge in [0.05, 0.1) is 33.0 Å². The predicted molar refractivity (Wildman–Crippen MR) is 86.0 cm³/mol. The van der Waals surface area contributed by atoms with Crippen molar-refractivity contribution in [1.82, 2.24) is 5.32 Å². The second-order valence-corrected chi connectivity index (χ2v) is 4.93. The lowest BCUT2D eigenvalue weighted by Gasteiger charge is -2.19. The first-order valence-corrected chi connectivity index (χ1v) is 7.84. The van der Waals surface area contributed by atoms with Gasteiger partial charge in [-0.2, -0.15) is 0 Å². The van der Waals surface area contributed by atoms with Gasteiger partial charge in [0, 0.05) is 6.61 Å². The smallest absolute Gasteiger partial charge is 0.119 e. The van der Waals surface area contributed by atoms with E-state index in [0.29, 0.717) is 19.8 Å². The molecule has 4 nitrogen and oxygen atoms in total. The summed E-state index contributed by atoms with van der Waals surface area (Å²) in [6, 6.07) is 8.29. The molecular weight excluding hydrogens is 266 g/mol.